The molecule has 0 bridgehead atoms. The Morgan fingerprint density at radius 1 is 1.18 bits per heavy atom. The van der Waals surface area contributed by atoms with Crippen LogP contribution in [0.5, 0.6) is 5.75 Å². The molecule has 0 unspecified atom stereocenters. The fraction of sp³-hybridized carbons (Fsp3) is 0.235. The molecular weight excluding hydrogens is 276 g/mol. The van der Waals surface area contributed by atoms with Crippen molar-refractivity contribution in [2.45, 2.75) is 0 Å². The topological polar surface area (TPSA) is 55.8 Å². The number of hydrogen-bond donors (Lipinski definition) is 1. The van der Waals surface area contributed by atoms with Crippen molar-refractivity contribution in [1.82, 2.24) is 14.3 Å². The molecule has 3 aromatic rings. The number of ether oxygens (including phenoxy) is 1. The molecular formula is C17H20N4O. The van der Waals surface area contributed by atoms with Crippen LogP contribution in [0.1, 0.15) is 0 Å². The Hall–Kier alpha value is -2.53. The van der Waals surface area contributed by atoms with E-state index in [-0.39, 0.29) is 0 Å². The molecule has 5 heteroatoms. The lowest BCUT2D eigenvalue weighted by Gasteiger charge is -2.11. The third-order valence-corrected chi connectivity index (χ3v) is 3.45. The van der Waals surface area contributed by atoms with Crippen molar-refractivity contribution in [1.29, 1.82) is 0 Å². The van der Waals surface area contributed by atoms with Gasteiger partial charge in [-0.25, -0.2) is 4.98 Å². The molecule has 0 spiro atoms. The summed E-state index contributed by atoms with van der Waals surface area (Å²) in [7, 11) is 4.05. The van der Waals surface area contributed by atoms with Gasteiger partial charge in [0.1, 0.15) is 6.61 Å². The van der Waals surface area contributed by atoms with Crippen LogP contribution in [0.25, 0.3) is 16.9 Å². The number of nitrogen functional groups attached to an aromatic ring is 1. The highest BCUT2D eigenvalue weighted by Crippen LogP contribution is 2.25. The summed E-state index contributed by atoms with van der Waals surface area (Å²) in [5, 5.41) is 0. The number of nitrogens with zero attached hydrogens (tertiary/aromatic N) is 3. The van der Waals surface area contributed by atoms with Crippen LogP contribution in [0.15, 0.2) is 48.8 Å². The Morgan fingerprint density at radius 2 is 1.95 bits per heavy atom. The fourth-order valence-corrected chi connectivity index (χ4v) is 2.23. The van der Waals surface area contributed by atoms with Crippen LogP contribution in [-0.4, -0.2) is 41.5 Å². The number of rotatable bonds is 5. The van der Waals surface area contributed by atoms with E-state index in [0.717, 1.165) is 34.9 Å². The van der Waals surface area contributed by atoms with Gasteiger partial charge in [-0.1, -0.05) is 12.1 Å². The summed E-state index contributed by atoms with van der Waals surface area (Å²) in [6.07, 6.45) is 3.97. The van der Waals surface area contributed by atoms with E-state index >= 15 is 0 Å². The zero-order valence-corrected chi connectivity index (χ0v) is 12.9. The maximum atomic E-state index is 5.85. The molecule has 114 valence electrons. The van der Waals surface area contributed by atoms with E-state index in [1.54, 1.807) is 0 Å². The highest BCUT2D eigenvalue weighted by molar-refractivity contribution is 5.67. The Kier molecular flexibility index (Phi) is 3.98. The predicted molar refractivity (Wildman–Crippen MR) is 89.1 cm³/mol. The number of imidazole rings is 1. The third kappa shape index (κ3) is 3.04. The molecule has 2 aromatic heterocycles. The van der Waals surface area contributed by atoms with Crippen molar-refractivity contribution in [3.8, 4) is 17.0 Å². The molecule has 5 nitrogen and oxygen atoms in total. The van der Waals surface area contributed by atoms with Gasteiger partial charge < -0.3 is 19.8 Å². The Bertz CT molecular complexity index is 762. The molecule has 0 aliphatic carbocycles. The molecule has 22 heavy (non-hydrogen) atoms. The van der Waals surface area contributed by atoms with Gasteiger partial charge in [-0.2, -0.15) is 0 Å². The molecule has 0 amide bonds. The average molecular weight is 296 g/mol. The lowest BCUT2D eigenvalue weighted by molar-refractivity contribution is 0.262. The molecule has 0 radical (unpaired) electrons. The first-order valence-electron chi connectivity index (χ1n) is 7.24. The van der Waals surface area contributed by atoms with Crippen LogP contribution in [0, 0.1) is 0 Å². The van der Waals surface area contributed by atoms with E-state index in [9.17, 15) is 0 Å². The summed E-state index contributed by atoms with van der Waals surface area (Å²) in [5.41, 5.74) is 9.26. The zero-order chi connectivity index (χ0) is 15.5. The number of benzene rings is 1. The Morgan fingerprint density at radius 3 is 2.68 bits per heavy atom. The fourth-order valence-electron chi connectivity index (χ4n) is 2.23. The first-order chi connectivity index (χ1) is 10.6. The van der Waals surface area contributed by atoms with E-state index in [1.807, 2.05) is 67.3 Å². The highest BCUT2D eigenvalue weighted by atomic mass is 16.5. The molecule has 0 saturated carbocycles. The molecule has 0 fully saturated rings. The predicted octanol–water partition coefficient (Wildman–Crippen LogP) is 2.52. The summed E-state index contributed by atoms with van der Waals surface area (Å²) in [5.74, 6) is 0.797. The van der Waals surface area contributed by atoms with Gasteiger partial charge >= 0.3 is 0 Å². The number of likely N-dealkylation sites (N-methyl/N-ethyl adjacent to an activating group) is 1. The minimum Gasteiger partial charge on any atom is -0.488 e. The van der Waals surface area contributed by atoms with Gasteiger partial charge in [-0.15, -0.1) is 0 Å². The van der Waals surface area contributed by atoms with E-state index in [1.165, 1.54) is 0 Å². The largest absolute Gasteiger partial charge is 0.488 e. The summed E-state index contributed by atoms with van der Waals surface area (Å²) < 4.78 is 7.84. The van der Waals surface area contributed by atoms with Gasteiger partial charge in [0.15, 0.2) is 11.4 Å². The first-order valence-corrected chi connectivity index (χ1v) is 7.24. The standard InChI is InChI=1S/C17H20N4O/c1-20(2)10-11-22-16-4-3-9-21-12-15(19-17(16)21)13-5-7-14(18)8-6-13/h3-9,12H,10-11,18H2,1-2H3. The number of hydrogen-bond acceptors (Lipinski definition) is 4. The maximum Gasteiger partial charge on any atom is 0.180 e. The first kappa shape index (κ1) is 14.4. The average Bonchev–Trinajstić information content (AvgIpc) is 2.92. The molecule has 0 aliphatic heterocycles. The summed E-state index contributed by atoms with van der Waals surface area (Å²) in [4.78, 5) is 6.78. The van der Waals surface area contributed by atoms with Gasteiger partial charge in [0.25, 0.3) is 0 Å². The van der Waals surface area contributed by atoms with Crippen LogP contribution in [0.4, 0.5) is 5.69 Å². The number of pyridine rings is 1. The van der Waals surface area contributed by atoms with Crippen molar-refractivity contribution in [2.24, 2.45) is 0 Å². The van der Waals surface area contributed by atoms with Gasteiger partial charge in [-0.3, -0.25) is 0 Å². The smallest absolute Gasteiger partial charge is 0.180 e. The van der Waals surface area contributed by atoms with E-state index in [4.69, 9.17) is 15.5 Å². The highest BCUT2D eigenvalue weighted by Gasteiger charge is 2.09. The number of nitrogens with two attached hydrogens (primary N) is 1. The summed E-state index contributed by atoms with van der Waals surface area (Å²) in [6, 6.07) is 11.6. The Balaban J connectivity index is 1.90. The third-order valence-electron chi connectivity index (χ3n) is 3.45. The normalized spacial score (nSPS) is 11.2. The van der Waals surface area contributed by atoms with E-state index in [2.05, 4.69) is 4.90 Å². The lowest BCUT2D eigenvalue weighted by Crippen LogP contribution is -2.19. The molecule has 0 saturated heterocycles. The molecule has 2 N–H and O–H groups in total. The van der Waals surface area contributed by atoms with Crippen molar-refractivity contribution in [3.05, 3.63) is 48.8 Å². The minimum absolute atomic E-state index is 0.636. The second-order valence-electron chi connectivity index (χ2n) is 5.50. The molecule has 0 atom stereocenters. The van der Waals surface area contributed by atoms with Crippen molar-refractivity contribution in [3.63, 3.8) is 0 Å². The number of anilines is 1. The summed E-state index contributed by atoms with van der Waals surface area (Å²) >= 11 is 0. The maximum absolute atomic E-state index is 5.85. The van der Waals surface area contributed by atoms with E-state index in [0.29, 0.717) is 6.61 Å². The monoisotopic (exact) mass is 296 g/mol. The lowest BCUT2D eigenvalue weighted by atomic mass is 10.1. The van der Waals surface area contributed by atoms with Crippen LogP contribution >= 0.6 is 0 Å². The van der Waals surface area contributed by atoms with Crippen molar-refractivity contribution < 1.29 is 4.74 Å². The molecule has 3 rings (SSSR count). The quantitative estimate of drug-likeness (QED) is 0.735. The summed E-state index contributed by atoms with van der Waals surface area (Å²) in [6.45, 7) is 1.50. The van der Waals surface area contributed by atoms with Gasteiger partial charge in [-0.05, 0) is 38.4 Å². The van der Waals surface area contributed by atoms with Crippen molar-refractivity contribution in [2.75, 3.05) is 33.0 Å². The number of fused-ring (bicyclic) bond motifs is 1. The van der Waals surface area contributed by atoms with Gasteiger partial charge in [0.05, 0.1) is 5.69 Å². The van der Waals surface area contributed by atoms with Gasteiger partial charge in [0.2, 0.25) is 0 Å². The zero-order valence-electron chi connectivity index (χ0n) is 12.9. The molecule has 1 aromatic carbocycles. The second kappa shape index (κ2) is 6.07. The number of aromatic nitrogens is 2. The minimum atomic E-state index is 0.636. The van der Waals surface area contributed by atoms with Gasteiger partial charge in [0, 0.05) is 30.2 Å². The van der Waals surface area contributed by atoms with Crippen LogP contribution < -0.4 is 10.5 Å². The van der Waals surface area contributed by atoms with Crippen molar-refractivity contribution >= 4 is 11.3 Å². The Labute approximate surface area is 129 Å². The van der Waals surface area contributed by atoms with E-state index < -0.39 is 0 Å². The second-order valence-corrected chi connectivity index (χ2v) is 5.50. The SMILES string of the molecule is CN(C)CCOc1cccn2cc(-c3ccc(N)cc3)nc12. The molecule has 0 aliphatic rings. The van der Waals surface area contributed by atoms with Crippen LogP contribution in [0.3, 0.4) is 0 Å². The van der Waals surface area contributed by atoms with Crippen LogP contribution in [-0.2, 0) is 0 Å². The van der Waals surface area contributed by atoms with Crippen LogP contribution in [0.2, 0.25) is 0 Å². The molecule has 2 heterocycles.